The zero-order valence-electron chi connectivity index (χ0n) is 11.1. The van der Waals surface area contributed by atoms with Gasteiger partial charge in [-0.3, -0.25) is 0 Å². The van der Waals surface area contributed by atoms with Crippen LogP contribution in [0.3, 0.4) is 0 Å². The minimum Gasteiger partial charge on any atom is -0.156 e. The molecule has 3 rings (SSSR count). The molecule has 98 valence electrons. The smallest absolute Gasteiger partial charge is 0.0226 e. The van der Waals surface area contributed by atoms with Crippen molar-refractivity contribution in [1.29, 1.82) is 0 Å². The van der Waals surface area contributed by atoms with E-state index in [0.29, 0.717) is 0 Å². The van der Waals surface area contributed by atoms with Crippen LogP contribution in [0.4, 0.5) is 0 Å². The van der Waals surface area contributed by atoms with Crippen molar-refractivity contribution in [2.24, 2.45) is 0 Å². The van der Waals surface area contributed by atoms with Crippen molar-refractivity contribution >= 4 is 23.5 Å². The molecule has 0 amide bonds. The molecule has 0 bridgehead atoms. The summed E-state index contributed by atoms with van der Waals surface area (Å²) in [5.41, 5.74) is 4.35. The van der Waals surface area contributed by atoms with E-state index in [1.54, 1.807) is 0 Å². The summed E-state index contributed by atoms with van der Waals surface area (Å²) in [5.74, 6) is 2.38. The maximum atomic E-state index is 2.30. The third-order valence-electron chi connectivity index (χ3n) is 3.37. The van der Waals surface area contributed by atoms with Crippen LogP contribution in [0.25, 0.3) is 0 Å². The van der Waals surface area contributed by atoms with Crippen LogP contribution in [0, 0.1) is 6.92 Å². The van der Waals surface area contributed by atoms with E-state index >= 15 is 0 Å². The first-order valence-corrected chi connectivity index (χ1v) is 8.72. The van der Waals surface area contributed by atoms with Gasteiger partial charge in [0.1, 0.15) is 0 Å². The second-order valence-corrected chi connectivity index (χ2v) is 7.43. The minimum absolute atomic E-state index is 0.757. The topological polar surface area (TPSA) is 0 Å². The van der Waals surface area contributed by atoms with Crippen LogP contribution in [0.15, 0.2) is 53.4 Å². The van der Waals surface area contributed by atoms with Gasteiger partial charge in [0.15, 0.2) is 0 Å². The highest BCUT2D eigenvalue weighted by atomic mass is 32.2. The fourth-order valence-electron chi connectivity index (χ4n) is 2.46. The average molecular weight is 286 g/mol. The molecule has 2 heteroatoms. The first kappa shape index (κ1) is 13.1. The number of hydrogen-bond acceptors (Lipinski definition) is 2. The van der Waals surface area contributed by atoms with Crippen molar-refractivity contribution in [3.05, 3.63) is 65.2 Å². The van der Waals surface area contributed by atoms with Crippen molar-refractivity contribution in [1.82, 2.24) is 0 Å². The molecule has 0 saturated heterocycles. The van der Waals surface area contributed by atoms with Gasteiger partial charge < -0.3 is 0 Å². The van der Waals surface area contributed by atoms with Gasteiger partial charge in [-0.2, -0.15) is 11.8 Å². The maximum absolute atomic E-state index is 2.30. The van der Waals surface area contributed by atoms with Gasteiger partial charge in [-0.05, 0) is 30.5 Å². The van der Waals surface area contributed by atoms with Crippen molar-refractivity contribution < 1.29 is 0 Å². The Labute approximate surface area is 124 Å². The first-order chi connectivity index (χ1) is 9.31. The third kappa shape index (κ3) is 3.37. The Bertz CT molecular complexity index is 538. The lowest BCUT2D eigenvalue weighted by Crippen LogP contribution is -2.04. The Morgan fingerprint density at radius 2 is 2.05 bits per heavy atom. The van der Waals surface area contributed by atoms with E-state index in [1.165, 1.54) is 33.8 Å². The molecule has 0 saturated carbocycles. The molecular formula is C17H18S2. The van der Waals surface area contributed by atoms with Gasteiger partial charge in [0.05, 0.1) is 0 Å². The molecule has 0 fully saturated rings. The van der Waals surface area contributed by atoms with E-state index < -0.39 is 0 Å². The number of benzene rings is 2. The zero-order chi connectivity index (χ0) is 13.1. The predicted molar refractivity (Wildman–Crippen MR) is 87.1 cm³/mol. The zero-order valence-corrected chi connectivity index (χ0v) is 12.8. The van der Waals surface area contributed by atoms with Gasteiger partial charge in [0.25, 0.3) is 0 Å². The monoisotopic (exact) mass is 286 g/mol. The lowest BCUT2D eigenvalue weighted by molar-refractivity contribution is 0.970. The fourth-order valence-corrected chi connectivity index (χ4v) is 5.01. The Morgan fingerprint density at radius 1 is 1.16 bits per heavy atom. The summed E-state index contributed by atoms with van der Waals surface area (Å²) in [6.07, 6.45) is 1.24. The van der Waals surface area contributed by atoms with Crippen LogP contribution in [0.5, 0.6) is 0 Å². The summed E-state index contributed by atoms with van der Waals surface area (Å²) in [6.45, 7) is 2.16. The number of rotatable bonds is 4. The molecule has 0 radical (unpaired) electrons. The summed E-state index contributed by atoms with van der Waals surface area (Å²) < 4.78 is 0. The number of fused-ring (bicyclic) bond motifs is 1. The van der Waals surface area contributed by atoms with Crippen LogP contribution in [0.1, 0.15) is 16.7 Å². The SMILES string of the molecule is Cc1cccc(CSCC2Cc3ccccc3S2)c1. The van der Waals surface area contributed by atoms with Crippen LogP contribution in [-0.4, -0.2) is 11.0 Å². The van der Waals surface area contributed by atoms with E-state index in [2.05, 4.69) is 79.0 Å². The highest BCUT2D eigenvalue weighted by molar-refractivity contribution is 8.03. The number of aryl methyl sites for hydroxylation is 1. The normalized spacial score (nSPS) is 17.4. The second-order valence-electron chi connectivity index (χ2n) is 5.06. The highest BCUT2D eigenvalue weighted by Gasteiger charge is 2.21. The van der Waals surface area contributed by atoms with Gasteiger partial charge in [-0.1, -0.05) is 48.0 Å². The molecule has 0 aliphatic carbocycles. The molecule has 0 N–H and O–H groups in total. The van der Waals surface area contributed by atoms with Crippen molar-refractivity contribution in [2.45, 2.75) is 29.2 Å². The lowest BCUT2D eigenvalue weighted by Gasteiger charge is -2.08. The number of thioether (sulfide) groups is 2. The van der Waals surface area contributed by atoms with E-state index in [9.17, 15) is 0 Å². The van der Waals surface area contributed by atoms with E-state index in [-0.39, 0.29) is 0 Å². The quantitative estimate of drug-likeness (QED) is 0.780. The molecule has 19 heavy (non-hydrogen) atoms. The molecule has 1 aliphatic heterocycles. The third-order valence-corrected chi connectivity index (χ3v) is 6.07. The summed E-state index contributed by atoms with van der Waals surface area (Å²) in [5, 5.41) is 0.757. The molecule has 1 atom stereocenters. The van der Waals surface area contributed by atoms with Gasteiger partial charge in [-0.15, -0.1) is 11.8 Å². The first-order valence-electron chi connectivity index (χ1n) is 6.69. The predicted octanol–water partition coefficient (Wildman–Crippen LogP) is 4.95. The standard InChI is InChI=1S/C17H18S2/c1-13-5-4-6-14(9-13)11-18-12-16-10-15-7-2-3-8-17(15)19-16/h2-9,16H,10-12H2,1H3. The van der Waals surface area contributed by atoms with Crippen LogP contribution in [-0.2, 0) is 12.2 Å². The van der Waals surface area contributed by atoms with Gasteiger partial charge in [0, 0.05) is 21.7 Å². The van der Waals surface area contributed by atoms with Gasteiger partial charge in [0.2, 0.25) is 0 Å². The molecule has 1 unspecified atom stereocenters. The molecule has 0 nitrogen and oxygen atoms in total. The second kappa shape index (κ2) is 6.06. The molecule has 2 aromatic rings. The summed E-state index contributed by atoms with van der Waals surface area (Å²) in [4.78, 5) is 1.49. The van der Waals surface area contributed by atoms with Gasteiger partial charge in [-0.25, -0.2) is 0 Å². The lowest BCUT2D eigenvalue weighted by atomic mass is 10.1. The number of hydrogen-bond donors (Lipinski definition) is 0. The summed E-state index contributed by atoms with van der Waals surface area (Å²) in [7, 11) is 0. The highest BCUT2D eigenvalue weighted by Crippen LogP contribution is 2.38. The summed E-state index contributed by atoms with van der Waals surface area (Å²) in [6, 6.07) is 17.7. The largest absolute Gasteiger partial charge is 0.156 e. The minimum atomic E-state index is 0.757. The van der Waals surface area contributed by atoms with Crippen molar-refractivity contribution in [3.63, 3.8) is 0 Å². The van der Waals surface area contributed by atoms with E-state index in [1.807, 2.05) is 0 Å². The summed E-state index contributed by atoms with van der Waals surface area (Å²) >= 11 is 4.12. The molecule has 0 aromatic heterocycles. The van der Waals surface area contributed by atoms with E-state index in [0.717, 1.165) is 11.0 Å². The molecule has 2 aromatic carbocycles. The van der Waals surface area contributed by atoms with Crippen molar-refractivity contribution in [2.75, 3.05) is 5.75 Å². The Kier molecular flexibility index (Phi) is 4.19. The van der Waals surface area contributed by atoms with Crippen LogP contribution in [0.2, 0.25) is 0 Å². The molecular weight excluding hydrogens is 268 g/mol. The molecule has 0 spiro atoms. The van der Waals surface area contributed by atoms with Crippen LogP contribution < -0.4 is 0 Å². The molecule has 1 aliphatic rings. The van der Waals surface area contributed by atoms with Crippen molar-refractivity contribution in [3.8, 4) is 0 Å². The molecule has 1 heterocycles. The average Bonchev–Trinajstić information content (AvgIpc) is 2.81. The maximum Gasteiger partial charge on any atom is 0.0226 e. The van der Waals surface area contributed by atoms with Gasteiger partial charge >= 0.3 is 0 Å². The Morgan fingerprint density at radius 3 is 2.89 bits per heavy atom. The van der Waals surface area contributed by atoms with E-state index in [4.69, 9.17) is 0 Å². The van der Waals surface area contributed by atoms with Crippen LogP contribution >= 0.6 is 23.5 Å². The Balaban J connectivity index is 1.50. The Hall–Kier alpha value is -0.860. The fraction of sp³-hybridized carbons (Fsp3) is 0.294.